The number of rotatable bonds is 1. The first-order valence-electron chi connectivity index (χ1n) is 3.79. The van der Waals surface area contributed by atoms with Gasteiger partial charge in [-0.25, -0.2) is 0 Å². The van der Waals surface area contributed by atoms with Crippen LogP contribution in [0.15, 0.2) is 17.3 Å². The van der Waals surface area contributed by atoms with Crippen LogP contribution >= 0.6 is 11.6 Å². The smallest absolute Gasteiger partial charge is 0.231 e. The maximum absolute atomic E-state index is 8.49. The summed E-state index contributed by atoms with van der Waals surface area (Å²) in [5.74, 6) is 1.04. The highest BCUT2D eigenvalue weighted by Crippen LogP contribution is 2.36. The number of nitrogens with zero attached hydrogens (tertiary/aromatic N) is 1. The highest BCUT2D eigenvalue weighted by Gasteiger charge is 2.17. The summed E-state index contributed by atoms with van der Waals surface area (Å²) in [5, 5.41) is 11.7. The number of halogens is 1. The third kappa shape index (κ3) is 1.31. The highest BCUT2D eigenvalue weighted by molar-refractivity contribution is 6.34. The number of ether oxygens (including phenoxy) is 2. The molecule has 0 aromatic heterocycles. The summed E-state index contributed by atoms with van der Waals surface area (Å²) in [4.78, 5) is 0. The van der Waals surface area contributed by atoms with Gasteiger partial charge in [0, 0.05) is 11.6 Å². The summed E-state index contributed by atoms with van der Waals surface area (Å²) in [6, 6.07) is 3.14. The Bertz CT molecular complexity index is 406. The van der Waals surface area contributed by atoms with Crippen molar-refractivity contribution < 1.29 is 14.7 Å². The number of amidine groups is 1. The molecular formula is C8H7ClN2O3. The van der Waals surface area contributed by atoms with Gasteiger partial charge in [-0.3, -0.25) is 0 Å². The van der Waals surface area contributed by atoms with E-state index in [0.717, 1.165) is 0 Å². The van der Waals surface area contributed by atoms with E-state index in [1.54, 1.807) is 12.1 Å². The van der Waals surface area contributed by atoms with Crippen LogP contribution in [0.5, 0.6) is 11.5 Å². The van der Waals surface area contributed by atoms with Crippen molar-refractivity contribution in [1.82, 2.24) is 0 Å². The van der Waals surface area contributed by atoms with Crippen LogP contribution in [0, 0.1) is 0 Å². The molecule has 2 rings (SSSR count). The Morgan fingerprint density at radius 1 is 1.43 bits per heavy atom. The minimum atomic E-state index is -0.0618. The number of benzene rings is 1. The number of oxime groups is 1. The molecule has 1 aromatic rings. The van der Waals surface area contributed by atoms with Crippen LogP contribution < -0.4 is 15.2 Å². The van der Waals surface area contributed by atoms with Crippen molar-refractivity contribution in [2.24, 2.45) is 10.9 Å². The first-order valence-corrected chi connectivity index (χ1v) is 4.17. The predicted octanol–water partition coefficient (Wildman–Crippen LogP) is 1.16. The molecule has 0 saturated heterocycles. The lowest BCUT2D eigenvalue weighted by molar-refractivity contribution is 0.174. The zero-order valence-corrected chi connectivity index (χ0v) is 7.78. The third-order valence-electron chi connectivity index (χ3n) is 1.85. The van der Waals surface area contributed by atoms with E-state index in [-0.39, 0.29) is 12.6 Å². The first-order chi connectivity index (χ1) is 6.72. The average Bonchev–Trinajstić information content (AvgIpc) is 2.62. The Kier molecular flexibility index (Phi) is 2.09. The fourth-order valence-corrected chi connectivity index (χ4v) is 1.42. The highest BCUT2D eigenvalue weighted by atomic mass is 35.5. The van der Waals surface area contributed by atoms with Gasteiger partial charge < -0.3 is 20.4 Å². The van der Waals surface area contributed by atoms with Crippen LogP contribution in [0.1, 0.15) is 5.56 Å². The second-order valence-electron chi connectivity index (χ2n) is 2.67. The van der Waals surface area contributed by atoms with E-state index in [1.165, 1.54) is 0 Å². The third-order valence-corrected chi connectivity index (χ3v) is 2.16. The minimum Gasteiger partial charge on any atom is -0.454 e. The summed E-state index contributed by atoms with van der Waals surface area (Å²) in [6.07, 6.45) is 0. The zero-order valence-electron chi connectivity index (χ0n) is 7.03. The predicted molar refractivity (Wildman–Crippen MR) is 50.1 cm³/mol. The van der Waals surface area contributed by atoms with Crippen molar-refractivity contribution >= 4 is 17.4 Å². The molecule has 0 atom stereocenters. The normalized spacial score (nSPS) is 14.5. The molecule has 1 heterocycles. The summed E-state index contributed by atoms with van der Waals surface area (Å²) in [7, 11) is 0. The molecule has 14 heavy (non-hydrogen) atoms. The van der Waals surface area contributed by atoms with Crippen molar-refractivity contribution in [1.29, 1.82) is 0 Å². The van der Waals surface area contributed by atoms with Gasteiger partial charge in [-0.15, -0.1) is 0 Å². The van der Waals surface area contributed by atoms with Crippen LogP contribution in [-0.4, -0.2) is 17.8 Å². The van der Waals surface area contributed by atoms with E-state index < -0.39 is 0 Å². The fraction of sp³-hybridized carbons (Fsp3) is 0.125. The summed E-state index contributed by atoms with van der Waals surface area (Å²) in [6.45, 7) is 0.158. The molecule has 5 nitrogen and oxygen atoms in total. The number of hydrogen-bond acceptors (Lipinski definition) is 4. The molecule has 0 unspecified atom stereocenters. The molecule has 0 bridgehead atoms. The molecule has 1 aromatic carbocycles. The van der Waals surface area contributed by atoms with Gasteiger partial charge in [0.05, 0.1) is 5.02 Å². The Morgan fingerprint density at radius 2 is 2.07 bits per heavy atom. The van der Waals surface area contributed by atoms with Crippen molar-refractivity contribution in [3.05, 3.63) is 22.7 Å². The molecule has 0 saturated carbocycles. The van der Waals surface area contributed by atoms with Gasteiger partial charge >= 0.3 is 0 Å². The lowest BCUT2D eigenvalue weighted by Gasteiger charge is -2.03. The molecular weight excluding hydrogens is 208 g/mol. The summed E-state index contributed by atoms with van der Waals surface area (Å²) >= 11 is 5.87. The number of fused-ring (bicyclic) bond motifs is 1. The largest absolute Gasteiger partial charge is 0.454 e. The van der Waals surface area contributed by atoms with E-state index in [9.17, 15) is 0 Å². The maximum Gasteiger partial charge on any atom is 0.231 e. The van der Waals surface area contributed by atoms with Crippen LogP contribution in [-0.2, 0) is 0 Å². The van der Waals surface area contributed by atoms with E-state index in [0.29, 0.717) is 22.1 Å². The van der Waals surface area contributed by atoms with Gasteiger partial charge in [-0.05, 0) is 6.07 Å². The standard InChI is InChI=1S/C8H7ClN2O3/c9-5-2-7-6(13-3-14-7)1-4(5)8(10)11-12/h1-2,12H,3H2,(H2,10,11). The Morgan fingerprint density at radius 3 is 2.71 bits per heavy atom. The van der Waals surface area contributed by atoms with Gasteiger partial charge in [0.2, 0.25) is 6.79 Å². The Hall–Kier alpha value is -1.62. The van der Waals surface area contributed by atoms with E-state index in [2.05, 4.69) is 5.16 Å². The Balaban J connectivity index is 2.53. The second kappa shape index (κ2) is 3.26. The summed E-state index contributed by atoms with van der Waals surface area (Å²) < 4.78 is 10.2. The minimum absolute atomic E-state index is 0.0618. The molecule has 0 spiro atoms. The van der Waals surface area contributed by atoms with Crippen molar-refractivity contribution in [2.45, 2.75) is 0 Å². The fourth-order valence-electron chi connectivity index (χ4n) is 1.17. The molecule has 1 aliphatic rings. The molecule has 0 amide bonds. The average molecular weight is 215 g/mol. The van der Waals surface area contributed by atoms with Gasteiger partial charge in [-0.2, -0.15) is 0 Å². The molecule has 0 radical (unpaired) electrons. The zero-order chi connectivity index (χ0) is 10.1. The second-order valence-corrected chi connectivity index (χ2v) is 3.08. The van der Waals surface area contributed by atoms with E-state index in [4.69, 9.17) is 32.0 Å². The van der Waals surface area contributed by atoms with Crippen LogP contribution in [0.25, 0.3) is 0 Å². The monoisotopic (exact) mass is 214 g/mol. The van der Waals surface area contributed by atoms with Crippen molar-refractivity contribution in [2.75, 3.05) is 6.79 Å². The van der Waals surface area contributed by atoms with Gasteiger partial charge in [0.1, 0.15) is 0 Å². The van der Waals surface area contributed by atoms with Crippen molar-refractivity contribution in [3.8, 4) is 11.5 Å². The van der Waals surface area contributed by atoms with Crippen LogP contribution in [0.3, 0.4) is 0 Å². The molecule has 6 heteroatoms. The van der Waals surface area contributed by atoms with Crippen LogP contribution in [0.4, 0.5) is 0 Å². The van der Waals surface area contributed by atoms with Gasteiger partial charge in [0.15, 0.2) is 17.3 Å². The molecule has 3 N–H and O–H groups in total. The lowest BCUT2D eigenvalue weighted by Crippen LogP contribution is -2.13. The number of hydrogen-bond donors (Lipinski definition) is 2. The van der Waals surface area contributed by atoms with Gasteiger partial charge in [0.25, 0.3) is 0 Å². The van der Waals surface area contributed by atoms with E-state index >= 15 is 0 Å². The molecule has 0 fully saturated rings. The Labute approximate surface area is 84.7 Å². The maximum atomic E-state index is 8.49. The quantitative estimate of drug-likeness (QED) is 0.318. The lowest BCUT2D eigenvalue weighted by atomic mass is 10.2. The van der Waals surface area contributed by atoms with Crippen LogP contribution in [0.2, 0.25) is 5.02 Å². The molecule has 0 aliphatic carbocycles. The SMILES string of the molecule is N/C(=N\O)c1cc2c(cc1Cl)OCO2. The summed E-state index contributed by atoms with van der Waals surface area (Å²) in [5.41, 5.74) is 5.82. The molecule has 74 valence electrons. The molecule has 1 aliphatic heterocycles. The number of nitrogens with two attached hydrogens (primary N) is 1. The van der Waals surface area contributed by atoms with Gasteiger partial charge in [-0.1, -0.05) is 16.8 Å². The topological polar surface area (TPSA) is 77.1 Å². The first kappa shape index (κ1) is 8.96. The van der Waals surface area contributed by atoms with Crippen molar-refractivity contribution in [3.63, 3.8) is 0 Å². The van der Waals surface area contributed by atoms with E-state index in [1.807, 2.05) is 0 Å².